The third-order valence-corrected chi connectivity index (χ3v) is 2.32. The number of nitrogens with two attached hydrogens (primary N) is 1. The van der Waals surface area contributed by atoms with Gasteiger partial charge in [0.05, 0.1) is 13.2 Å². The van der Waals surface area contributed by atoms with E-state index in [1.54, 1.807) is 25.6 Å². The molecule has 0 radical (unpaired) electrons. The van der Waals surface area contributed by atoms with Crippen molar-refractivity contribution in [3.63, 3.8) is 0 Å². The predicted molar refractivity (Wildman–Crippen MR) is 61.1 cm³/mol. The molecule has 0 aliphatic rings. The van der Waals surface area contributed by atoms with Crippen molar-refractivity contribution >= 4 is 0 Å². The molecule has 0 aliphatic heterocycles. The lowest BCUT2D eigenvalue weighted by molar-refractivity contribution is 0.414. The second-order valence-corrected chi connectivity index (χ2v) is 3.36. The predicted octanol–water partition coefficient (Wildman–Crippen LogP) is 1.53. The van der Waals surface area contributed by atoms with Crippen LogP contribution in [-0.2, 0) is 0 Å². The third kappa shape index (κ3) is 2.17. The van der Waals surface area contributed by atoms with Gasteiger partial charge in [-0.05, 0) is 23.8 Å². The largest absolute Gasteiger partial charge is 0.497 e. The monoisotopic (exact) mass is 215 g/mol. The molecule has 0 aliphatic carbocycles. The maximum absolute atomic E-state index is 6.06. The summed E-state index contributed by atoms with van der Waals surface area (Å²) in [6, 6.07) is 9.04. The van der Waals surface area contributed by atoms with Crippen molar-refractivity contribution in [2.24, 2.45) is 5.73 Å². The lowest BCUT2D eigenvalue weighted by Crippen LogP contribution is -2.15. The van der Waals surface area contributed by atoms with Gasteiger partial charge in [0, 0.05) is 12.4 Å². The minimum absolute atomic E-state index is 0.323. The van der Waals surface area contributed by atoms with Crippen molar-refractivity contribution in [3.8, 4) is 5.75 Å². The lowest BCUT2D eigenvalue weighted by atomic mass is 10.1. The van der Waals surface area contributed by atoms with Gasteiger partial charge in [0.15, 0.2) is 0 Å². The lowest BCUT2D eigenvalue weighted by Gasteiger charge is -2.11. The zero-order valence-electron chi connectivity index (χ0n) is 9.00. The average molecular weight is 215 g/mol. The summed E-state index contributed by atoms with van der Waals surface area (Å²) >= 11 is 0. The molecule has 0 fully saturated rings. The molecule has 82 valence electrons. The Morgan fingerprint density at radius 1 is 1.19 bits per heavy atom. The molecule has 16 heavy (non-hydrogen) atoms. The van der Waals surface area contributed by atoms with Gasteiger partial charge in [-0.25, -0.2) is 9.97 Å². The van der Waals surface area contributed by atoms with Crippen LogP contribution in [-0.4, -0.2) is 17.1 Å². The summed E-state index contributed by atoms with van der Waals surface area (Å²) in [5.41, 5.74) is 7.00. The van der Waals surface area contributed by atoms with Crippen LogP contribution in [0.3, 0.4) is 0 Å². The fraction of sp³-hybridized carbons (Fsp3) is 0.167. The Bertz CT molecular complexity index is 459. The Hall–Kier alpha value is -1.94. The summed E-state index contributed by atoms with van der Waals surface area (Å²) in [5.74, 6) is 1.39. The number of hydrogen-bond donors (Lipinski definition) is 1. The van der Waals surface area contributed by atoms with Crippen molar-refractivity contribution in [2.45, 2.75) is 6.04 Å². The van der Waals surface area contributed by atoms with E-state index in [-0.39, 0.29) is 6.04 Å². The zero-order valence-corrected chi connectivity index (χ0v) is 9.00. The Labute approximate surface area is 94.1 Å². The van der Waals surface area contributed by atoms with Crippen LogP contribution in [0.4, 0.5) is 0 Å². The van der Waals surface area contributed by atoms with Gasteiger partial charge in [-0.2, -0.15) is 0 Å². The molecule has 1 heterocycles. The molecular weight excluding hydrogens is 202 g/mol. The smallest absolute Gasteiger partial charge is 0.149 e. The molecule has 0 amide bonds. The Morgan fingerprint density at radius 3 is 2.62 bits per heavy atom. The van der Waals surface area contributed by atoms with E-state index >= 15 is 0 Å². The summed E-state index contributed by atoms with van der Waals surface area (Å²) < 4.78 is 5.14. The van der Waals surface area contributed by atoms with Crippen molar-refractivity contribution < 1.29 is 4.74 Å². The Kier molecular flexibility index (Phi) is 3.12. The van der Waals surface area contributed by atoms with Crippen molar-refractivity contribution in [1.29, 1.82) is 0 Å². The first kappa shape index (κ1) is 10.6. The molecule has 1 aromatic carbocycles. The van der Waals surface area contributed by atoms with Crippen molar-refractivity contribution in [2.75, 3.05) is 7.11 Å². The maximum Gasteiger partial charge on any atom is 0.149 e. The molecule has 4 nitrogen and oxygen atoms in total. The topological polar surface area (TPSA) is 61.0 Å². The quantitative estimate of drug-likeness (QED) is 0.843. The van der Waals surface area contributed by atoms with Gasteiger partial charge in [0.2, 0.25) is 0 Å². The molecule has 0 saturated carbocycles. The Balaban J connectivity index is 2.30. The zero-order chi connectivity index (χ0) is 11.4. The van der Waals surface area contributed by atoms with E-state index in [9.17, 15) is 0 Å². The number of methoxy groups -OCH3 is 1. The van der Waals surface area contributed by atoms with Gasteiger partial charge in [-0.1, -0.05) is 12.1 Å². The van der Waals surface area contributed by atoms with Crippen LogP contribution in [0.2, 0.25) is 0 Å². The van der Waals surface area contributed by atoms with Crippen molar-refractivity contribution in [1.82, 2.24) is 9.97 Å². The van der Waals surface area contributed by atoms with Gasteiger partial charge in [-0.15, -0.1) is 0 Å². The highest BCUT2D eigenvalue weighted by Gasteiger charge is 2.11. The molecule has 1 atom stereocenters. The molecule has 0 saturated heterocycles. The minimum Gasteiger partial charge on any atom is -0.497 e. The third-order valence-electron chi connectivity index (χ3n) is 2.32. The SMILES string of the molecule is COc1cccc(C(N)c2ncccn2)c1. The molecule has 4 heteroatoms. The summed E-state index contributed by atoms with van der Waals surface area (Å²) in [7, 11) is 1.63. The van der Waals surface area contributed by atoms with E-state index in [0.717, 1.165) is 11.3 Å². The molecule has 0 spiro atoms. The molecule has 0 bridgehead atoms. The fourth-order valence-corrected chi connectivity index (χ4v) is 1.46. The number of rotatable bonds is 3. The van der Waals surface area contributed by atoms with Gasteiger partial charge in [-0.3, -0.25) is 0 Å². The number of aromatic nitrogens is 2. The van der Waals surface area contributed by atoms with E-state index in [4.69, 9.17) is 10.5 Å². The van der Waals surface area contributed by atoms with Crippen LogP contribution in [0.1, 0.15) is 17.4 Å². The van der Waals surface area contributed by atoms with E-state index in [1.165, 1.54) is 0 Å². The van der Waals surface area contributed by atoms with Crippen LogP contribution in [0.15, 0.2) is 42.7 Å². The first-order valence-corrected chi connectivity index (χ1v) is 4.97. The second-order valence-electron chi connectivity index (χ2n) is 3.36. The highest BCUT2D eigenvalue weighted by molar-refractivity contribution is 5.32. The van der Waals surface area contributed by atoms with E-state index in [2.05, 4.69) is 9.97 Å². The van der Waals surface area contributed by atoms with Crippen molar-refractivity contribution in [3.05, 3.63) is 54.1 Å². The highest BCUT2D eigenvalue weighted by atomic mass is 16.5. The molecule has 1 unspecified atom stereocenters. The van der Waals surface area contributed by atoms with Crippen LogP contribution in [0.25, 0.3) is 0 Å². The number of nitrogens with zero attached hydrogens (tertiary/aromatic N) is 2. The summed E-state index contributed by atoms with van der Waals surface area (Å²) in [4.78, 5) is 8.27. The van der Waals surface area contributed by atoms with Gasteiger partial charge in [0.25, 0.3) is 0 Å². The van der Waals surface area contributed by atoms with Gasteiger partial charge in [0.1, 0.15) is 11.6 Å². The van der Waals surface area contributed by atoms with E-state index < -0.39 is 0 Å². The molecular formula is C12H13N3O. The molecule has 2 N–H and O–H groups in total. The van der Waals surface area contributed by atoms with Gasteiger partial charge >= 0.3 is 0 Å². The van der Waals surface area contributed by atoms with Gasteiger partial charge < -0.3 is 10.5 Å². The highest BCUT2D eigenvalue weighted by Crippen LogP contribution is 2.20. The first-order valence-electron chi connectivity index (χ1n) is 4.97. The molecule has 1 aromatic heterocycles. The standard InChI is InChI=1S/C12H13N3O/c1-16-10-5-2-4-9(8-10)11(13)12-14-6-3-7-15-12/h2-8,11H,13H2,1H3. The Morgan fingerprint density at radius 2 is 1.94 bits per heavy atom. The second kappa shape index (κ2) is 4.72. The average Bonchev–Trinajstić information content (AvgIpc) is 2.39. The molecule has 2 aromatic rings. The number of hydrogen-bond acceptors (Lipinski definition) is 4. The van der Waals surface area contributed by atoms with E-state index in [0.29, 0.717) is 5.82 Å². The van der Waals surface area contributed by atoms with E-state index in [1.807, 2.05) is 24.3 Å². The molecule has 2 rings (SSSR count). The number of ether oxygens (including phenoxy) is 1. The first-order chi connectivity index (χ1) is 7.81. The fourth-order valence-electron chi connectivity index (χ4n) is 1.46. The minimum atomic E-state index is -0.323. The van der Waals surface area contributed by atoms with Crippen LogP contribution < -0.4 is 10.5 Å². The summed E-state index contributed by atoms with van der Waals surface area (Å²) in [5, 5.41) is 0. The maximum atomic E-state index is 6.06. The van der Waals surface area contributed by atoms with Crippen LogP contribution >= 0.6 is 0 Å². The summed E-state index contributed by atoms with van der Waals surface area (Å²) in [6.45, 7) is 0. The van der Waals surface area contributed by atoms with Crippen LogP contribution in [0.5, 0.6) is 5.75 Å². The normalized spacial score (nSPS) is 12.1. The number of benzene rings is 1. The van der Waals surface area contributed by atoms with Crippen LogP contribution in [0, 0.1) is 0 Å². The summed E-state index contributed by atoms with van der Waals surface area (Å²) in [6.07, 6.45) is 3.37.